The molecule has 2 atom stereocenters. The average molecular weight is 514 g/mol. The molecule has 9 nitrogen and oxygen atoms in total. The molecule has 2 aromatic rings. The highest BCUT2D eigenvalue weighted by molar-refractivity contribution is 5.99. The zero-order chi connectivity index (χ0) is 27.8. The Balaban J connectivity index is 2.45. The van der Waals surface area contributed by atoms with E-state index in [9.17, 15) is 19.5 Å². The number of hydrogen-bond donors (Lipinski definition) is 3. The van der Waals surface area contributed by atoms with Gasteiger partial charge in [0.15, 0.2) is 0 Å². The summed E-state index contributed by atoms with van der Waals surface area (Å²) in [5, 5.41) is 15.4. The lowest BCUT2D eigenvalue weighted by Gasteiger charge is -2.35. The second kappa shape index (κ2) is 13.0. The van der Waals surface area contributed by atoms with Gasteiger partial charge in [0.25, 0.3) is 5.91 Å². The van der Waals surface area contributed by atoms with E-state index in [0.29, 0.717) is 23.4 Å². The van der Waals surface area contributed by atoms with Crippen LogP contribution < -0.4 is 15.4 Å². The smallest absolute Gasteiger partial charge is 0.408 e. The minimum Gasteiger partial charge on any atom is -0.508 e. The van der Waals surface area contributed by atoms with Crippen LogP contribution in [-0.2, 0) is 14.3 Å². The predicted molar refractivity (Wildman–Crippen MR) is 142 cm³/mol. The number of aromatic hydroxyl groups is 1. The number of hydrogen-bond acceptors (Lipinski definition) is 6. The number of benzene rings is 2. The van der Waals surface area contributed by atoms with Gasteiger partial charge >= 0.3 is 6.09 Å². The number of amides is 3. The number of alkyl carbamates (subject to hydrolysis) is 1. The SMILES string of the molecule is CCCN(C(=O)C(NC(=O)OC(C)(C)C)C(C)C)C(C(=O)Nc1ccc(OC)cc1)c1ccc(O)cc1. The van der Waals surface area contributed by atoms with Gasteiger partial charge in [0.05, 0.1) is 7.11 Å². The van der Waals surface area contributed by atoms with Gasteiger partial charge in [-0.25, -0.2) is 4.79 Å². The number of carbonyl (C=O) groups is 3. The Kier molecular flexibility index (Phi) is 10.3. The van der Waals surface area contributed by atoms with Crippen molar-refractivity contribution in [2.75, 3.05) is 19.0 Å². The molecule has 0 fully saturated rings. The summed E-state index contributed by atoms with van der Waals surface area (Å²) in [6.07, 6.45) is -0.132. The van der Waals surface area contributed by atoms with Gasteiger partial charge in [-0.2, -0.15) is 0 Å². The summed E-state index contributed by atoms with van der Waals surface area (Å²) >= 11 is 0. The van der Waals surface area contributed by atoms with Gasteiger partial charge in [0.1, 0.15) is 29.2 Å². The Bertz CT molecular complexity index is 1050. The molecule has 37 heavy (non-hydrogen) atoms. The Morgan fingerprint density at radius 1 is 1.00 bits per heavy atom. The van der Waals surface area contributed by atoms with E-state index in [-0.39, 0.29) is 18.2 Å². The summed E-state index contributed by atoms with van der Waals surface area (Å²) in [5.74, 6) is -0.436. The van der Waals surface area contributed by atoms with Crippen molar-refractivity contribution in [1.82, 2.24) is 10.2 Å². The molecule has 0 aliphatic rings. The molecule has 3 N–H and O–H groups in total. The van der Waals surface area contributed by atoms with Gasteiger partial charge < -0.3 is 30.1 Å². The number of methoxy groups -OCH3 is 1. The number of rotatable bonds is 10. The molecule has 0 aromatic heterocycles. The molecule has 0 aliphatic heterocycles. The highest BCUT2D eigenvalue weighted by Crippen LogP contribution is 2.27. The molecule has 0 heterocycles. The Morgan fingerprint density at radius 3 is 2.08 bits per heavy atom. The predicted octanol–water partition coefficient (Wildman–Crippen LogP) is 4.87. The van der Waals surface area contributed by atoms with Crippen molar-refractivity contribution in [1.29, 1.82) is 0 Å². The number of phenols is 1. The van der Waals surface area contributed by atoms with Crippen molar-refractivity contribution in [2.24, 2.45) is 5.92 Å². The lowest BCUT2D eigenvalue weighted by Crippen LogP contribution is -2.54. The van der Waals surface area contributed by atoms with Crippen molar-refractivity contribution in [2.45, 2.75) is 65.6 Å². The van der Waals surface area contributed by atoms with Crippen molar-refractivity contribution < 1.29 is 29.0 Å². The van der Waals surface area contributed by atoms with Crippen LogP contribution in [0.15, 0.2) is 48.5 Å². The number of anilines is 1. The van der Waals surface area contributed by atoms with Gasteiger partial charge in [-0.15, -0.1) is 0 Å². The zero-order valence-corrected chi connectivity index (χ0v) is 22.7. The quantitative estimate of drug-likeness (QED) is 0.417. The first-order valence-corrected chi connectivity index (χ1v) is 12.4. The number of carbonyl (C=O) groups excluding carboxylic acids is 3. The molecule has 0 saturated heterocycles. The fourth-order valence-electron chi connectivity index (χ4n) is 3.75. The monoisotopic (exact) mass is 513 g/mol. The minimum absolute atomic E-state index is 0.0399. The third-order valence-electron chi connectivity index (χ3n) is 5.48. The van der Waals surface area contributed by atoms with Crippen LogP contribution in [0.2, 0.25) is 0 Å². The van der Waals surface area contributed by atoms with E-state index >= 15 is 0 Å². The highest BCUT2D eigenvalue weighted by Gasteiger charge is 2.37. The third-order valence-corrected chi connectivity index (χ3v) is 5.48. The lowest BCUT2D eigenvalue weighted by molar-refractivity contribution is -0.141. The van der Waals surface area contributed by atoms with Crippen LogP contribution in [0.4, 0.5) is 10.5 Å². The first-order valence-electron chi connectivity index (χ1n) is 12.4. The van der Waals surface area contributed by atoms with E-state index in [2.05, 4.69) is 10.6 Å². The maximum Gasteiger partial charge on any atom is 0.408 e. The molecule has 0 saturated carbocycles. The number of phenolic OH excluding ortho intramolecular Hbond substituents is 1. The second-order valence-electron chi connectivity index (χ2n) is 10.1. The largest absolute Gasteiger partial charge is 0.508 e. The van der Waals surface area contributed by atoms with Gasteiger partial charge in [0.2, 0.25) is 5.91 Å². The molecule has 0 radical (unpaired) electrons. The number of nitrogens with zero attached hydrogens (tertiary/aromatic N) is 1. The fraction of sp³-hybridized carbons (Fsp3) is 0.464. The van der Waals surface area contributed by atoms with E-state index in [0.717, 1.165) is 0 Å². The molecule has 9 heteroatoms. The Labute approximate surface area is 219 Å². The first kappa shape index (κ1) is 29.5. The maximum atomic E-state index is 13.9. The van der Waals surface area contributed by atoms with E-state index in [1.54, 1.807) is 64.3 Å². The highest BCUT2D eigenvalue weighted by atomic mass is 16.6. The van der Waals surface area contributed by atoms with Crippen LogP contribution in [0.3, 0.4) is 0 Å². The van der Waals surface area contributed by atoms with Crippen LogP contribution in [-0.4, -0.2) is 53.2 Å². The summed E-state index contributed by atoms with van der Waals surface area (Å²) in [6.45, 7) is 11.0. The van der Waals surface area contributed by atoms with E-state index in [1.165, 1.54) is 17.0 Å². The first-order chi connectivity index (χ1) is 17.4. The van der Waals surface area contributed by atoms with Crippen molar-refractivity contribution in [3.63, 3.8) is 0 Å². The van der Waals surface area contributed by atoms with Crippen LogP contribution >= 0.6 is 0 Å². The molecular formula is C28H39N3O6. The summed E-state index contributed by atoms with van der Waals surface area (Å²) in [5.41, 5.74) is 0.320. The van der Waals surface area contributed by atoms with E-state index < -0.39 is 35.6 Å². The third kappa shape index (κ3) is 8.70. The summed E-state index contributed by atoms with van der Waals surface area (Å²) in [4.78, 5) is 41.6. The molecule has 0 aliphatic carbocycles. The van der Waals surface area contributed by atoms with Crippen LogP contribution in [0.1, 0.15) is 59.6 Å². The van der Waals surface area contributed by atoms with Crippen LogP contribution in [0.25, 0.3) is 0 Å². The average Bonchev–Trinajstić information content (AvgIpc) is 2.82. The topological polar surface area (TPSA) is 117 Å². The van der Waals surface area contributed by atoms with Crippen molar-refractivity contribution in [3.8, 4) is 11.5 Å². The molecule has 0 spiro atoms. The molecule has 202 valence electrons. The van der Waals surface area contributed by atoms with Gasteiger partial charge in [-0.05, 0) is 75.1 Å². The second-order valence-corrected chi connectivity index (χ2v) is 10.1. The standard InChI is InChI=1S/C28H39N3O6/c1-8-17-31(26(34)23(18(2)3)30-27(35)37-28(4,5)6)24(19-9-13-21(32)14-10-19)25(33)29-20-11-15-22(36-7)16-12-20/h9-16,18,23-24,32H,8,17H2,1-7H3,(H,29,33)(H,30,35). The molecule has 3 amide bonds. The number of nitrogens with one attached hydrogen (secondary N) is 2. The van der Waals surface area contributed by atoms with Crippen LogP contribution in [0, 0.1) is 5.92 Å². The van der Waals surface area contributed by atoms with Gasteiger partial charge in [0, 0.05) is 12.2 Å². The molecule has 2 unspecified atom stereocenters. The lowest BCUT2D eigenvalue weighted by atomic mass is 9.98. The van der Waals surface area contributed by atoms with E-state index in [1.807, 2.05) is 20.8 Å². The van der Waals surface area contributed by atoms with Crippen LogP contribution in [0.5, 0.6) is 11.5 Å². The Morgan fingerprint density at radius 2 is 1.59 bits per heavy atom. The maximum absolute atomic E-state index is 13.9. The summed E-state index contributed by atoms with van der Waals surface area (Å²) in [7, 11) is 1.55. The van der Waals surface area contributed by atoms with Gasteiger partial charge in [-0.1, -0.05) is 32.9 Å². The molecule has 0 bridgehead atoms. The van der Waals surface area contributed by atoms with Gasteiger partial charge in [-0.3, -0.25) is 9.59 Å². The number of ether oxygens (including phenoxy) is 2. The van der Waals surface area contributed by atoms with Crippen molar-refractivity contribution in [3.05, 3.63) is 54.1 Å². The fourth-order valence-corrected chi connectivity index (χ4v) is 3.75. The Hall–Kier alpha value is -3.75. The molecule has 2 aromatic carbocycles. The van der Waals surface area contributed by atoms with Crippen molar-refractivity contribution >= 4 is 23.6 Å². The zero-order valence-electron chi connectivity index (χ0n) is 22.7. The summed E-state index contributed by atoms with van der Waals surface area (Å²) in [6, 6.07) is 11.1. The summed E-state index contributed by atoms with van der Waals surface area (Å²) < 4.78 is 10.6. The normalized spacial score (nSPS) is 12.9. The van der Waals surface area contributed by atoms with E-state index in [4.69, 9.17) is 9.47 Å². The minimum atomic E-state index is -1.02. The molecule has 2 rings (SSSR count). The molecular weight excluding hydrogens is 474 g/mol.